The van der Waals surface area contributed by atoms with Crippen LogP contribution in [0.1, 0.15) is 30.1 Å². The van der Waals surface area contributed by atoms with Gasteiger partial charge in [-0.25, -0.2) is 8.42 Å². The molecule has 1 heterocycles. The fourth-order valence-electron chi connectivity index (χ4n) is 2.12. The number of carbonyl (C=O) groups is 1. The topological polar surface area (TPSA) is 66.5 Å². The summed E-state index contributed by atoms with van der Waals surface area (Å²) in [6.07, 6.45) is 1.59. The van der Waals surface area contributed by atoms with Gasteiger partial charge < -0.3 is 5.32 Å². The van der Waals surface area contributed by atoms with E-state index in [0.29, 0.717) is 24.3 Å². The van der Waals surface area contributed by atoms with Gasteiger partial charge in [0.25, 0.3) is 5.91 Å². The van der Waals surface area contributed by atoms with E-state index in [4.69, 9.17) is 0 Å². The number of sulfonamides is 1. The molecular formula is C13H18N2O3S. The van der Waals surface area contributed by atoms with E-state index in [1.165, 1.54) is 4.31 Å². The minimum atomic E-state index is -3.19. The highest BCUT2D eigenvalue weighted by Crippen LogP contribution is 2.23. The lowest BCUT2D eigenvalue weighted by molar-refractivity contribution is 0.0956. The molecule has 19 heavy (non-hydrogen) atoms. The normalized spacial score (nSPS) is 18.1. The maximum Gasteiger partial charge on any atom is 0.251 e. The average molecular weight is 282 g/mol. The van der Waals surface area contributed by atoms with Crippen LogP contribution in [0.4, 0.5) is 5.69 Å². The van der Waals surface area contributed by atoms with Crippen molar-refractivity contribution in [2.24, 2.45) is 0 Å². The third-order valence-electron chi connectivity index (χ3n) is 3.10. The summed E-state index contributed by atoms with van der Waals surface area (Å²) in [5.74, 6) is 0.0565. The van der Waals surface area contributed by atoms with Gasteiger partial charge in [-0.05, 0) is 44.0 Å². The highest BCUT2D eigenvalue weighted by atomic mass is 32.2. The van der Waals surface area contributed by atoms with Crippen molar-refractivity contribution in [3.05, 3.63) is 29.8 Å². The maximum absolute atomic E-state index is 12.0. The van der Waals surface area contributed by atoms with E-state index in [1.54, 1.807) is 24.3 Å². The first-order valence-electron chi connectivity index (χ1n) is 6.43. The van der Waals surface area contributed by atoms with Gasteiger partial charge in [0.2, 0.25) is 10.0 Å². The Hall–Kier alpha value is -1.56. The van der Waals surface area contributed by atoms with Crippen LogP contribution in [0, 0.1) is 0 Å². The Labute approximate surface area is 113 Å². The molecule has 1 aliphatic heterocycles. The lowest BCUT2D eigenvalue weighted by Gasteiger charge is -2.28. The van der Waals surface area contributed by atoms with E-state index < -0.39 is 10.0 Å². The zero-order chi connectivity index (χ0) is 13.9. The summed E-state index contributed by atoms with van der Waals surface area (Å²) in [6, 6.07) is 6.69. The number of hydrogen-bond donors (Lipinski definition) is 1. The Morgan fingerprint density at radius 2 is 1.95 bits per heavy atom. The van der Waals surface area contributed by atoms with Crippen LogP contribution in [0.15, 0.2) is 24.3 Å². The van der Waals surface area contributed by atoms with Gasteiger partial charge in [0.1, 0.15) is 0 Å². The first-order valence-corrected chi connectivity index (χ1v) is 8.04. The zero-order valence-corrected chi connectivity index (χ0v) is 11.7. The summed E-state index contributed by atoms with van der Waals surface area (Å²) in [6.45, 7) is 2.94. The molecule has 1 aromatic carbocycles. The van der Waals surface area contributed by atoms with Crippen LogP contribution >= 0.6 is 0 Å². The van der Waals surface area contributed by atoms with E-state index in [2.05, 4.69) is 5.32 Å². The zero-order valence-electron chi connectivity index (χ0n) is 10.9. The monoisotopic (exact) mass is 282 g/mol. The van der Waals surface area contributed by atoms with Crippen molar-refractivity contribution in [3.63, 3.8) is 0 Å². The predicted octanol–water partition coefficient (Wildman–Crippen LogP) is 1.37. The first kappa shape index (κ1) is 13.9. The fraction of sp³-hybridized carbons (Fsp3) is 0.462. The smallest absolute Gasteiger partial charge is 0.251 e. The summed E-state index contributed by atoms with van der Waals surface area (Å²) < 4.78 is 25.3. The lowest BCUT2D eigenvalue weighted by Crippen LogP contribution is -2.37. The molecule has 5 nitrogen and oxygen atoms in total. The molecule has 0 radical (unpaired) electrons. The van der Waals surface area contributed by atoms with Crippen LogP contribution in [0.2, 0.25) is 0 Å². The van der Waals surface area contributed by atoms with Gasteiger partial charge in [-0.2, -0.15) is 0 Å². The Balaban J connectivity index is 2.20. The molecule has 1 amide bonds. The van der Waals surface area contributed by atoms with E-state index in [0.717, 1.165) is 12.8 Å². The number of amides is 1. The molecule has 1 fully saturated rings. The number of nitrogens with one attached hydrogen (secondary N) is 1. The number of hydrogen-bond acceptors (Lipinski definition) is 3. The van der Waals surface area contributed by atoms with E-state index in [9.17, 15) is 13.2 Å². The molecule has 1 aliphatic rings. The van der Waals surface area contributed by atoms with Gasteiger partial charge in [-0.1, -0.05) is 0 Å². The Kier molecular flexibility index (Phi) is 4.09. The number of nitrogens with zero attached hydrogens (tertiary/aromatic N) is 1. The van der Waals surface area contributed by atoms with Crippen molar-refractivity contribution in [1.82, 2.24) is 5.32 Å². The van der Waals surface area contributed by atoms with Gasteiger partial charge in [0.05, 0.1) is 11.4 Å². The number of rotatable bonds is 3. The molecule has 104 valence electrons. The van der Waals surface area contributed by atoms with Crippen LogP contribution in [0.5, 0.6) is 0 Å². The summed E-state index contributed by atoms with van der Waals surface area (Å²) in [7, 11) is -3.19. The van der Waals surface area contributed by atoms with Crippen molar-refractivity contribution in [3.8, 4) is 0 Å². The lowest BCUT2D eigenvalue weighted by atomic mass is 10.2. The van der Waals surface area contributed by atoms with Crippen LogP contribution in [-0.4, -0.2) is 33.2 Å². The molecular weight excluding hydrogens is 264 g/mol. The van der Waals surface area contributed by atoms with Crippen LogP contribution in [0.3, 0.4) is 0 Å². The number of benzene rings is 1. The average Bonchev–Trinajstić information content (AvgIpc) is 2.39. The predicted molar refractivity (Wildman–Crippen MR) is 74.8 cm³/mol. The van der Waals surface area contributed by atoms with E-state index in [-0.39, 0.29) is 11.7 Å². The summed E-state index contributed by atoms with van der Waals surface area (Å²) >= 11 is 0. The quantitative estimate of drug-likeness (QED) is 0.910. The van der Waals surface area contributed by atoms with Gasteiger partial charge in [-0.15, -0.1) is 0 Å². The van der Waals surface area contributed by atoms with E-state index >= 15 is 0 Å². The minimum absolute atomic E-state index is 0.143. The Morgan fingerprint density at radius 3 is 2.53 bits per heavy atom. The standard InChI is InChI=1S/C13H18N2O3S/c1-2-14-13(16)11-5-7-12(8-6-11)15-9-3-4-10-19(15,17)18/h5-8H,2-4,9-10H2,1H3,(H,14,16). The first-order chi connectivity index (χ1) is 9.04. The SMILES string of the molecule is CCNC(=O)c1ccc(N2CCCCS2(=O)=O)cc1. The van der Waals surface area contributed by atoms with E-state index in [1.807, 2.05) is 6.92 Å². The molecule has 6 heteroatoms. The number of anilines is 1. The third kappa shape index (κ3) is 3.07. The highest BCUT2D eigenvalue weighted by Gasteiger charge is 2.25. The molecule has 1 saturated heterocycles. The second-order valence-corrected chi connectivity index (χ2v) is 6.51. The molecule has 0 atom stereocenters. The largest absolute Gasteiger partial charge is 0.352 e. The second-order valence-electron chi connectivity index (χ2n) is 4.50. The summed E-state index contributed by atoms with van der Waals surface area (Å²) in [4.78, 5) is 11.6. The summed E-state index contributed by atoms with van der Waals surface area (Å²) in [5.41, 5.74) is 1.17. The molecule has 0 spiro atoms. The van der Waals surface area contributed by atoms with Crippen molar-refractivity contribution >= 4 is 21.6 Å². The molecule has 1 aromatic rings. The molecule has 2 rings (SSSR count). The van der Waals surface area contributed by atoms with Crippen molar-refractivity contribution in [1.29, 1.82) is 0 Å². The second kappa shape index (κ2) is 5.61. The Morgan fingerprint density at radius 1 is 1.26 bits per heavy atom. The van der Waals surface area contributed by atoms with Crippen LogP contribution in [-0.2, 0) is 10.0 Å². The van der Waals surface area contributed by atoms with Gasteiger partial charge in [0.15, 0.2) is 0 Å². The molecule has 0 bridgehead atoms. The molecule has 0 unspecified atom stereocenters. The summed E-state index contributed by atoms with van der Waals surface area (Å²) in [5, 5.41) is 2.71. The molecule has 0 aliphatic carbocycles. The Bertz CT molecular complexity index is 552. The van der Waals surface area contributed by atoms with Crippen molar-refractivity contribution in [2.45, 2.75) is 19.8 Å². The minimum Gasteiger partial charge on any atom is -0.352 e. The molecule has 0 aromatic heterocycles. The fourth-order valence-corrected chi connectivity index (χ4v) is 3.76. The molecule has 1 N–H and O–H groups in total. The van der Waals surface area contributed by atoms with Crippen molar-refractivity contribution < 1.29 is 13.2 Å². The van der Waals surface area contributed by atoms with Crippen LogP contribution < -0.4 is 9.62 Å². The highest BCUT2D eigenvalue weighted by molar-refractivity contribution is 7.92. The van der Waals surface area contributed by atoms with Gasteiger partial charge in [-0.3, -0.25) is 9.10 Å². The van der Waals surface area contributed by atoms with Gasteiger partial charge >= 0.3 is 0 Å². The van der Waals surface area contributed by atoms with Gasteiger partial charge in [0, 0.05) is 18.7 Å². The third-order valence-corrected chi connectivity index (χ3v) is 4.97. The molecule has 0 saturated carbocycles. The number of carbonyl (C=O) groups excluding carboxylic acids is 1. The van der Waals surface area contributed by atoms with Crippen molar-refractivity contribution in [2.75, 3.05) is 23.1 Å². The maximum atomic E-state index is 12.0. The van der Waals surface area contributed by atoms with Crippen LogP contribution in [0.25, 0.3) is 0 Å².